The zero-order chi connectivity index (χ0) is 20.5. The van der Waals surface area contributed by atoms with Crippen LogP contribution in [0.1, 0.15) is 46.5 Å². The third-order valence-electron chi connectivity index (χ3n) is 5.31. The fraction of sp³-hybridized carbons (Fsp3) is 0.833. The molecule has 0 radical (unpaired) electrons. The third-order valence-corrected chi connectivity index (χ3v) is 5.31. The van der Waals surface area contributed by atoms with Crippen LogP contribution < -0.4 is 5.48 Å². The number of piperidine rings is 2. The SMILES string of the molecule is CC(C)(C)OC(=O)N1CCCC(CONC(=O)[C@@H]2CC[C@@H]3CN2C(=O)N3O)C1. The van der Waals surface area contributed by atoms with Gasteiger partial charge in [-0.1, -0.05) is 0 Å². The molecule has 0 aromatic carbocycles. The minimum absolute atomic E-state index is 0.0960. The Hall–Kier alpha value is -2.07. The minimum atomic E-state index is -0.634. The Kier molecular flexibility index (Phi) is 5.99. The molecule has 2 bridgehead atoms. The van der Waals surface area contributed by atoms with E-state index in [4.69, 9.17) is 9.57 Å². The summed E-state index contributed by atoms with van der Waals surface area (Å²) in [6.45, 7) is 7.29. The highest BCUT2D eigenvalue weighted by Crippen LogP contribution is 2.28. The molecule has 2 N–H and O–H groups in total. The molecule has 0 saturated carbocycles. The lowest BCUT2D eigenvalue weighted by molar-refractivity contribution is -0.140. The lowest BCUT2D eigenvalue weighted by Gasteiger charge is -2.34. The Balaban J connectivity index is 1.43. The van der Waals surface area contributed by atoms with E-state index in [0.29, 0.717) is 37.5 Å². The van der Waals surface area contributed by atoms with Gasteiger partial charge in [-0.3, -0.25) is 14.8 Å². The zero-order valence-corrected chi connectivity index (χ0v) is 16.7. The van der Waals surface area contributed by atoms with Crippen LogP contribution in [0.15, 0.2) is 0 Å². The van der Waals surface area contributed by atoms with Gasteiger partial charge in [0.05, 0.1) is 12.6 Å². The fourth-order valence-corrected chi connectivity index (χ4v) is 3.92. The maximum atomic E-state index is 12.4. The van der Waals surface area contributed by atoms with Crippen LogP contribution in [0, 0.1) is 5.92 Å². The second-order valence-electron chi connectivity index (χ2n) is 8.74. The summed E-state index contributed by atoms with van der Waals surface area (Å²) in [5.41, 5.74) is 1.90. The molecule has 28 heavy (non-hydrogen) atoms. The molecular weight excluding hydrogens is 368 g/mol. The predicted octanol–water partition coefficient (Wildman–Crippen LogP) is 1.34. The molecule has 3 saturated heterocycles. The first-order valence-corrected chi connectivity index (χ1v) is 9.84. The first-order chi connectivity index (χ1) is 13.2. The van der Waals surface area contributed by atoms with Gasteiger partial charge in [0.2, 0.25) is 0 Å². The van der Waals surface area contributed by atoms with Gasteiger partial charge >= 0.3 is 12.1 Å². The number of fused-ring (bicyclic) bond motifs is 2. The maximum absolute atomic E-state index is 12.4. The van der Waals surface area contributed by atoms with Gasteiger partial charge in [0.25, 0.3) is 5.91 Å². The highest BCUT2D eigenvalue weighted by Gasteiger charge is 2.46. The summed E-state index contributed by atoms with van der Waals surface area (Å²) < 4.78 is 5.41. The number of carbonyl (C=O) groups is 3. The van der Waals surface area contributed by atoms with Crippen LogP contribution in [0.25, 0.3) is 0 Å². The summed E-state index contributed by atoms with van der Waals surface area (Å²) in [5, 5.41) is 10.4. The monoisotopic (exact) mass is 398 g/mol. The molecule has 10 nitrogen and oxygen atoms in total. The average Bonchev–Trinajstić information content (AvgIpc) is 2.85. The number of rotatable bonds is 4. The first kappa shape index (κ1) is 20.7. The van der Waals surface area contributed by atoms with Crippen LogP contribution in [0.5, 0.6) is 0 Å². The lowest BCUT2D eigenvalue weighted by atomic mass is 9.99. The molecular formula is C18H30N4O6. The molecule has 0 aliphatic carbocycles. The van der Waals surface area contributed by atoms with Crippen LogP contribution >= 0.6 is 0 Å². The summed E-state index contributed by atoms with van der Waals surface area (Å²) in [6, 6.07) is -1.41. The van der Waals surface area contributed by atoms with E-state index in [2.05, 4.69) is 5.48 Å². The fourth-order valence-electron chi connectivity index (χ4n) is 3.92. The molecule has 1 unspecified atom stereocenters. The predicted molar refractivity (Wildman–Crippen MR) is 97.2 cm³/mol. The largest absolute Gasteiger partial charge is 0.444 e. The summed E-state index contributed by atoms with van der Waals surface area (Å²) in [4.78, 5) is 45.0. The van der Waals surface area contributed by atoms with E-state index < -0.39 is 17.7 Å². The molecule has 3 heterocycles. The van der Waals surface area contributed by atoms with E-state index >= 15 is 0 Å². The molecule has 3 fully saturated rings. The molecule has 3 atom stereocenters. The quantitative estimate of drug-likeness (QED) is 0.546. The van der Waals surface area contributed by atoms with Crippen LogP contribution in [0.3, 0.4) is 0 Å². The molecule has 3 aliphatic rings. The van der Waals surface area contributed by atoms with Crippen molar-refractivity contribution in [3.63, 3.8) is 0 Å². The van der Waals surface area contributed by atoms with Crippen molar-refractivity contribution in [2.45, 2.75) is 64.1 Å². The van der Waals surface area contributed by atoms with Crippen molar-refractivity contribution in [1.82, 2.24) is 20.3 Å². The topological polar surface area (TPSA) is 112 Å². The van der Waals surface area contributed by atoms with Crippen molar-refractivity contribution in [3.05, 3.63) is 0 Å². The highest BCUT2D eigenvalue weighted by molar-refractivity contribution is 5.87. The van der Waals surface area contributed by atoms with Crippen LogP contribution in [-0.4, -0.2) is 82.0 Å². The number of carbonyl (C=O) groups excluding carboxylic acids is 3. The second-order valence-corrected chi connectivity index (χ2v) is 8.74. The summed E-state index contributed by atoms with van der Waals surface area (Å²) >= 11 is 0. The normalized spacial score (nSPS) is 27.8. The number of nitrogens with one attached hydrogen (secondary N) is 1. The molecule has 4 amide bonds. The Morgan fingerprint density at radius 3 is 2.68 bits per heavy atom. The van der Waals surface area contributed by atoms with Gasteiger partial charge in [0.1, 0.15) is 11.6 Å². The van der Waals surface area contributed by atoms with Gasteiger partial charge < -0.3 is 14.5 Å². The number of nitrogens with zero attached hydrogens (tertiary/aromatic N) is 3. The van der Waals surface area contributed by atoms with E-state index in [1.54, 1.807) is 4.90 Å². The highest BCUT2D eigenvalue weighted by atomic mass is 16.7. The minimum Gasteiger partial charge on any atom is -0.444 e. The van der Waals surface area contributed by atoms with E-state index in [1.165, 1.54) is 4.90 Å². The van der Waals surface area contributed by atoms with Gasteiger partial charge in [-0.2, -0.15) is 0 Å². The van der Waals surface area contributed by atoms with Gasteiger partial charge in [0.15, 0.2) is 0 Å². The van der Waals surface area contributed by atoms with Crippen molar-refractivity contribution in [2.24, 2.45) is 5.92 Å². The van der Waals surface area contributed by atoms with Crippen LogP contribution in [-0.2, 0) is 14.4 Å². The molecule has 0 aromatic rings. The van der Waals surface area contributed by atoms with E-state index in [9.17, 15) is 19.6 Å². The summed E-state index contributed by atoms with van der Waals surface area (Å²) in [7, 11) is 0. The van der Waals surface area contributed by atoms with Gasteiger partial charge in [0, 0.05) is 25.6 Å². The number of hydrogen-bond acceptors (Lipinski definition) is 6. The number of likely N-dealkylation sites (tertiary alicyclic amines) is 1. The van der Waals surface area contributed by atoms with Gasteiger partial charge in [-0.15, -0.1) is 0 Å². The molecule has 10 heteroatoms. The molecule has 158 valence electrons. The van der Waals surface area contributed by atoms with E-state index in [1.807, 2.05) is 20.8 Å². The number of hydrogen-bond donors (Lipinski definition) is 2. The Morgan fingerprint density at radius 2 is 1.96 bits per heavy atom. The average molecular weight is 398 g/mol. The molecule has 0 spiro atoms. The summed E-state index contributed by atoms with van der Waals surface area (Å²) in [6.07, 6.45) is 2.46. The number of amides is 4. The van der Waals surface area contributed by atoms with E-state index in [0.717, 1.165) is 12.8 Å². The lowest BCUT2D eigenvalue weighted by Crippen LogP contribution is -2.50. The van der Waals surface area contributed by atoms with E-state index in [-0.39, 0.29) is 30.6 Å². The van der Waals surface area contributed by atoms with Crippen LogP contribution in [0.2, 0.25) is 0 Å². The summed E-state index contributed by atoms with van der Waals surface area (Å²) in [5.74, 6) is -0.291. The second kappa shape index (κ2) is 8.12. The van der Waals surface area contributed by atoms with Crippen molar-refractivity contribution in [1.29, 1.82) is 0 Å². The van der Waals surface area contributed by atoms with Crippen molar-refractivity contribution >= 4 is 18.0 Å². The Morgan fingerprint density at radius 1 is 1.21 bits per heavy atom. The molecule has 3 rings (SSSR count). The van der Waals surface area contributed by atoms with Gasteiger partial charge in [-0.25, -0.2) is 20.1 Å². The molecule has 3 aliphatic heterocycles. The number of hydroxylamine groups is 3. The maximum Gasteiger partial charge on any atom is 0.410 e. The Labute approximate surface area is 164 Å². The molecule has 0 aromatic heterocycles. The van der Waals surface area contributed by atoms with Gasteiger partial charge in [-0.05, 0) is 46.5 Å². The van der Waals surface area contributed by atoms with Crippen molar-refractivity contribution < 1.29 is 29.2 Å². The smallest absolute Gasteiger partial charge is 0.410 e. The number of urea groups is 1. The van der Waals surface area contributed by atoms with Crippen molar-refractivity contribution in [3.8, 4) is 0 Å². The Bertz CT molecular complexity index is 622. The van der Waals surface area contributed by atoms with Crippen LogP contribution in [0.4, 0.5) is 9.59 Å². The standard InChI is InChI=1S/C18H30N4O6/c1-18(2,3)28-17(25)20-8-4-5-12(9-20)11-27-19-15(23)14-7-6-13-10-21(14)16(24)22(13)26/h12-14,26H,4-11H2,1-3H3,(H,19,23)/t12?,13-,14+/m1/s1. The van der Waals surface area contributed by atoms with Crippen molar-refractivity contribution in [2.75, 3.05) is 26.2 Å². The third kappa shape index (κ3) is 4.67. The number of ether oxygens (including phenoxy) is 1. The zero-order valence-electron chi connectivity index (χ0n) is 16.7. The first-order valence-electron chi connectivity index (χ1n) is 9.84.